The Kier molecular flexibility index (Phi) is 9.74. The van der Waals surface area contributed by atoms with Crippen molar-refractivity contribution in [1.82, 2.24) is 0 Å². The van der Waals surface area contributed by atoms with E-state index in [0.29, 0.717) is 0 Å². The van der Waals surface area contributed by atoms with E-state index in [1.807, 2.05) is 0 Å². The first-order valence-corrected chi connectivity index (χ1v) is 15.4. The molecule has 0 heterocycles. The third-order valence-corrected chi connectivity index (χ3v) is 11.5. The molecule has 0 saturated carbocycles. The van der Waals surface area contributed by atoms with Gasteiger partial charge in [0.2, 0.25) is 0 Å². The molecule has 4 rings (SSSR count). The zero-order valence-electron chi connectivity index (χ0n) is 21.3. The zero-order valence-corrected chi connectivity index (χ0v) is 22.2. The Labute approximate surface area is 213 Å². The molecule has 0 fully saturated rings. The average Bonchev–Trinajstić information content (AvgIpc) is 2.93. The first-order chi connectivity index (χ1) is 17.3. The van der Waals surface area contributed by atoms with Gasteiger partial charge in [-0.05, 0) is 60.4 Å². The first-order valence-electron chi connectivity index (χ1n) is 13.5. The maximum absolute atomic E-state index is 2.39. The summed E-state index contributed by atoms with van der Waals surface area (Å²) in [4.78, 5) is 0. The fraction of sp³-hybridized carbons (Fsp3) is 0.294. The predicted octanol–water partition coefficient (Wildman–Crippen LogP) is 8.47. The van der Waals surface area contributed by atoms with E-state index in [1.165, 1.54) is 78.4 Å². The number of aryl methyl sites for hydroxylation is 1. The molecule has 4 aromatic carbocycles. The highest BCUT2D eigenvalue weighted by molar-refractivity contribution is 7.95. The highest BCUT2D eigenvalue weighted by Crippen LogP contribution is 2.58. The van der Waals surface area contributed by atoms with Gasteiger partial charge >= 0.3 is 0 Å². The van der Waals surface area contributed by atoms with E-state index in [9.17, 15) is 0 Å². The zero-order chi connectivity index (χ0) is 24.2. The largest absolute Gasteiger partial charge is 0.116 e. The van der Waals surface area contributed by atoms with Crippen molar-refractivity contribution in [1.29, 1.82) is 0 Å². The lowest BCUT2D eigenvalue weighted by atomic mass is 10.0. The van der Waals surface area contributed by atoms with Gasteiger partial charge < -0.3 is 0 Å². The maximum Gasteiger partial charge on any atom is 0.116 e. The molecule has 180 valence electrons. The van der Waals surface area contributed by atoms with Crippen LogP contribution < -0.4 is 15.9 Å². The van der Waals surface area contributed by atoms with Gasteiger partial charge in [0.25, 0.3) is 0 Å². The summed E-state index contributed by atoms with van der Waals surface area (Å²) in [6.07, 6.45) is 11.7. The van der Waals surface area contributed by atoms with E-state index in [0.717, 1.165) is 6.16 Å². The highest BCUT2D eigenvalue weighted by Gasteiger charge is 2.45. The molecule has 0 bridgehead atoms. The van der Waals surface area contributed by atoms with Gasteiger partial charge in [-0.1, -0.05) is 124 Å². The quantitative estimate of drug-likeness (QED) is 0.133. The van der Waals surface area contributed by atoms with Gasteiger partial charge in [-0.2, -0.15) is 0 Å². The molecule has 0 N–H and O–H groups in total. The molecule has 0 spiro atoms. The monoisotopic (exact) mass is 479 g/mol. The van der Waals surface area contributed by atoms with Crippen molar-refractivity contribution >= 4 is 23.2 Å². The van der Waals surface area contributed by atoms with Crippen LogP contribution in [0.5, 0.6) is 0 Å². The predicted molar refractivity (Wildman–Crippen MR) is 157 cm³/mol. The fourth-order valence-corrected chi connectivity index (χ4v) is 9.56. The number of hydrogen-bond donors (Lipinski definition) is 0. The molecule has 0 unspecified atom stereocenters. The van der Waals surface area contributed by atoms with E-state index < -0.39 is 7.26 Å². The Morgan fingerprint density at radius 2 is 0.829 bits per heavy atom. The van der Waals surface area contributed by atoms with Crippen molar-refractivity contribution < 1.29 is 0 Å². The summed E-state index contributed by atoms with van der Waals surface area (Å²) < 4.78 is 0. The second-order valence-electron chi connectivity index (χ2n) is 9.61. The van der Waals surface area contributed by atoms with Crippen LogP contribution in [0.1, 0.15) is 63.0 Å². The molecular formula is C34H40P+. The van der Waals surface area contributed by atoms with E-state index >= 15 is 0 Å². The van der Waals surface area contributed by atoms with Gasteiger partial charge in [0.1, 0.15) is 23.2 Å². The average molecular weight is 480 g/mol. The van der Waals surface area contributed by atoms with Crippen LogP contribution in [0.4, 0.5) is 0 Å². The van der Waals surface area contributed by atoms with Crippen molar-refractivity contribution in [2.75, 3.05) is 0 Å². The minimum Gasteiger partial charge on any atom is -0.0654 e. The van der Waals surface area contributed by atoms with Gasteiger partial charge in [0, 0.05) is 0 Å². The molecule has 0 nitrogen and oxygen atoms in total. The first kappa shape index (κ1) is 25.4. The van der Waals surface area contributed by atoms with Gasteiger partial charge in [-0.15, -0.1) is 0 Å². The summed E-state index contributed by atoms with van der Waals surface area (Å²) >= 11 is 0. The molecular weight excluding hydrogens is 439 g/mol. The van der Waals surface area contributed by atoms with Crippen LogP contribution >= 0.6 is 7.26 Å². The minimum absolute atomic E-state index is 1.07. The van der Waals surface area contributed by atoms with Gasteiger partial charge in [0.05, 0.1) is 6.16 Å². The van der Waals surface area contributed by atoms with Crippen LogP contribution in [0.2, 0.25) is 0 Å². The Hall–Kier alpha value is -2.69. The van der Waals surface area contributed by atoms with E-state index in [-0.39, 0.29) is 0 Å². The third-order valence-electron chi connectivity index (χ3n) is 7.17. The number of benzene rings is 4. The number of unbranched alkanes of at least 4 members (excludes halogenated alkanes) is 6. The Morgan fingerprint density at radius 1 is 0.429 bits per heavy atom. The summed E-state index contributed by atoms with van der Waals surface area (Å²) in [6, 6.07) is 43.0. The Morgan fingerprint density at radius 3 is 1.31 bits per heavy atom. The molecule has 0 saturated heterocycles. The van der Waals surface area contributed by atoms with Crippen molar-refractivity contribution in [3.63, 3.8) is 0 Å². The normalized spacial score (nSPS) is 11.5. The van der Waals surface area contributed by atoms with Crippen molar-refractivity contribution in [3.05, 3.63) is 126 Å². The molecule has 0 aliphatic rings. The summed E-state index contributed by atoms with van der Waals surface area (Å²) in [5.41, 5.74) is 3.05. The summed E-state index contributed by atoms with van der Waals surface area (Å²) in [5.74, 6) is 0. The lowest BCUT2D eigenvalue weighted by Crippen LogP contribution is -2.32. The molecule has 0 aliphatic carbocycles. The smallest absolute Gasteiger partial charge is 0.0654 e. The van der Waals surface area contributed by atoms with Crippen LogP contribution in [0.15, 0.2) is 115 Å². The summed E-state index contributed by atoms with van der Waals surface area (Å²) in [5, 5.41) is 4.38. The van der Waals surface area contributed by atoms with Gasteiger partial charge in [0.15, 0.2) is 0 Å². The Balaban J connectivity index is 1.68. The SMILES string of the molecule is CCCCCCCCCc1ccccc1C[P+](c1ccccc1)(c1ccccc1)c1ccccc1. The van der Waals surface area contributed by atoms with E-state index in [1.54, 1.807) is 0 Å². The Bertz CT molecular complexity index is 1020. The molecule has 0 amide bonds. The standard InChI is InChI=1S/C34H40P/c1-2-3-4-5-6-7-11-20-30-21-18-19-22-31(30)29-35(32-23-12-8-13-24-32,33-25-14-9-15-26-33)34-27-16-10-17-28-34/h8-10,12-19,21-28H,2-7,11,20,29H2,1H3/q+1. The lowest BCUT2D eigenvalue weighted by Gasteiger charge is -2.28. The fourth-order valence-electron chi connectivity index (χ4n) is 5.25. The number of rotatable bonds is 13. The summed E-state index contributed by atoms with van der Waals surface area (Å²) in [7, 11) is -1.86. The van der Waals surface area contributed by atoms with Crippen molar-refractivity contribution in [2.24, 2.45) is 0 Å². The van der Waals surface area contributed by atoms with Crippen LogP contribution in [0.25, 0.3) is 0 Å². The summed E-state index contributed by atoms with van der Waals surface area (Å²) in [6.45, 7) is 2.29. The van der Waals surface area contributed by atoms with E-state index in [2.05, 4.69) is 122 Å². The molecule has 0 aliphatic heterocycles. The second kappa shape index (κ2) is 13.4. The van der Waals surface area contributed by atoms with Crippen molar-refractivity contribution in [2.45, 2.75) is 64.5 Å². The third kappa shape index (κ3) is 6.50. The molecule has 4 aromatic rings. The molecule has 35 heavy (non-hydrogen) atoms. The van der Waals surface area contributed by atoms with Gasteiger partial charge in [-0.25, -0.2) is 0 Å². The maximum atomic E-state index is 2.39. The lowest BCUT2D eigenvalue weighted by molar-refractivity contribution is 0.589. The van der Waals surface area contributed by atoms with Crippen molar-refractivity contribution in [3.8, 4) is 0 Å². The van der Waals surface area contributed by atoms with E-state index in [4.69, 9.17) is 0 Å². The van der Waals surface area contributed by atoms with Crippen LogP contribution in [-0.2, 0) is 12.6 Å². The molecule has 0 aromatic heterocycles. The molecule has 1 heteroatoms. The second-order valence-corrected chi connectivity index (χ2v) is 13.1. The highest BCUT2D eigenvalue weighted by atomic mass is 31.2. The number of hydrogen-bond acceptors (Lipinski definition) is 0. The topological polar surface area (TPSA) is 0 Å². The van der Waals surface area contributed by atoms with Gasteiger partial charge in [-0.3, -0.25) is 0 Å². The minimum atomic E-state index is -1.86. The van der Waals surface area contributed by atoms with Crippen LogP contribution in [0.3, 0.4) is 0 Å². The van der Waals surface area contributed by atoms with Crippen LogP contribution in [0, 0.1) is 0 Å². The molecule has 0 radical (unpaired) electrons. The molecule has 0 atom stereocenters. The van der Waals surface area contributed by atoms with Crippen LogP contribution in [-0.4, -0.2) is 0 Å².